The van der Waals surface area contributed by atoms with Crippen LogP contribution in [0.25, 0.3) is 6.08 Å². The molecule has 0 atom stereocenters. The Bertz CT molecular complexity index is 497. The van der Waals surface area contributed by atoms with Gasteiger partial charge in [-0.25, -0.2) is 4.90 Å². The second-order valence-electron chi connectivity index (χ2n) is 3.61. The first-order valence-electron chi connectivity index (χ1n) is 4.92. The highest BCUT2D eigenvalue weighted by Crippen LogP contribution is 2.25. The van der Waals surface area contributed by atoms with Crippen LogP contribution in [-0.4, -0.2) is 11.8 Å². The van der Waals surface area contributed by atoms with Crippen LogP contribution in [0.4, 0.5) is 5.69 Å². The molecule has 3 nitrogen and oxygen atoms in total. The van der Waals surface area contributed by atoms with E-state index >= 15 is 0 Å². The molecule has 1 aromatic carbocycles. The Morgan fingerprint density at radius 2 is 1.81 bits per heavy atom. The highest BCUT2D eigenvalue weighted by atomic mass is 16.2. The van der Waals surface area contributed by atoms with Crippen molar-refractivity contribution in [1.29, 1.82) is 0 Å². The van der Waals surface area contributed by atoms with Gasteiger partial charge in [-0.2, -0.15) is 0 Å². The average Bonchev–Trinajstić information content (AvgIpc) is 2.59. The molecule has 0 radical (unpaired) electrons. The number of nitrogens with zero attached hydrogens (tertiary/aromatic N) is 1. The molecule has 0 fully saturated rings. The molecule has 2 amide bonds. The summed E-state index contributed by atoms with van der Waals surface area (Å²) in [6.45, 7) is 5.63. The van der Waals surface area contributed by atoms with E-state index in [1.54, 1.807) is 12.1 Å². The molecule has 0 N–H and O–H groups in total. The van der Waals surface area contributed by atoms with Gasteiger partial charge in [-0.15, -0.1) is 0 Å². The van der Waals surface area contributed by atoms with Crippen LogP contribution >= 0.6 is 0 Å². The molecular formula is C13H11NO2. The third-order valence-corrected chi connectivity index (χ3v) is 2.45. The van der Waals surface area contributed by atoms with Crippen LogP contribution in [0.3, 0.4) is 0 Å². The van der Waals surface area contributed by atoms with Crippen LogP contribution in [0.1, 0.15) is 11.1 Å². The summed E-state index contributed by atoms with van der Waals surface area (Å²) >= 11 is 0. The first-order valence-corrected chi connectivity index (χ1v) is 4.92. The molecule has 0 bridgehead atoms. The minimum absolute atomic E-state index is 0.308. The highest BCUT2D eigenvalue weighted by molar-refractivity contribution is 6.28. The molecule has 16 heavy (non-hydrogen) atoms. The maximum atomic E-state index is 11.5. The van der Waals surface area contributed by atoms with E-state index in [9.17, 15) is 9.59 Å². The topological polar surface area (TPSA) is 37.4 Å². The largest absolute Gasteiger partial charge is 0.269 e. The van der Waals surface area contributed by atoms with E-state index in [1.165, 1.54) is 12.2 Å². The zero-order valence-electron chi connectivity index (χ0n) is 8.93. The summed E-state index contributed by atoms with van der Waals surface area (Å²) in [5, 5.41) is 0. The summed E-state index contributed by atoms with van der Waals surface area (Å²) < 4.78 is 0. The molecule has 3 heteroatoms. The van der Waals surface area contributed by atoms with Gasteiger partial charge in [0.05, 0.1) is 5.69 Å². The van der Waals surface area contributed by atoms with Gasteiger partial charge in [-0.3, -0.25) is 9.59 Å². The van der Waals surface area contributed by atoms with Gasteiger partial charge in [-0.05, 0) is 24.6 Å². The predicted molar refractivity (Wildman–Crippen MR) is 62.9 cm³/mol. The van der Waals surface area contributed by atoms with Crippen LogP contribution in [0.2, 0.25) is 0 Å². The predicted octanol–water partition coefficient (Wildman–Crippen LogP) is 2.07. The fourth-order valence-electron chi connectivity index (χ4n) is 1.68. The Kier molecular flexibility index (Phi) is 2.44. The van der Waals surface area contributed by atoms with Gasteiger partial charge >= 0.3 is 0 Å². The van der Waals surface area contributed by atoms with E-state index in [0.717, 1.165) is 16.0 Å². The Balaban J connectivity index is 2.52. The maximum absolute atomic E-state index is 11.5. The molecule has 1 aliphatic heterocycles. The Morgan fingerprint density at radius 1 is 1.19 bits per heavy atom. The lowest BCUT2D eigenvalue weighted by Gasteiger charge is -2.16. The van der Waals surface area contributed by atoms with Gasteiger partial charge in [0.25, 0.3) is 11.8 Å². The Morgan fingerprint density at radius 3 is 2.38 bits per heavy atom. The highest BCUT2D eigenvalue weighted by Gasteiger charge is 2.26. The molecular weight excluding hydrogens is 202 g/mol. The normalized spacial score (nSPS) is 14.7. The molecule has 2 rings (SSSR count). The fraction of sp³-hybridized carbons (Fsp3) is 0.0769. The molecule has 0 unspecified atom stereocenters. The average molecular weight is 213 g/mol. The minimum atomic E-state index is -0.308. The van der Waals surface area contributed by atoms with Crippen molar-refractivity contribution in [3.8, 4) is 0 Å². The van der Waals surface area contributed by atoms with Gasteiger partial charge in [0.1, 0.15) is 0 Å². The van der Waals surface area contributed by atoms with Crippen LogP contribution in [-0.2, 0) is 9.59 Å². The summed E-state index contributed by atoms with van der Waals surface area (Å²) in [4.78, 5) is 24.2. The summed E-state index contributed by atoms with van der Waals surface area (Å²) in [5.41, 5.74) is 2.43. The van der Waals surface area contributed by atoms with Gasteiger partial charge in [0, 0.05) is 12.2 Å². The zero-order valence-corrected chi connectivity index (χ0v) is 8.93. The number of aryl methyl sites for hydroxylation is 1. The van der Waals surface area contributed by atoms with Crippen LogP contribution in [0.15, 0.2) is 36.9 Å². The van der Waals surface area contributed by atoms with Crippen molar-refractivity contribution in [1.82, 2.24) is 0 Å². The van der Waals surface area contributed by atoms with Gasteiger partial charge < -0.3 is 0 Å². The first-order chi connectivity index (χ1) is 7.63. The van der Waals surface area contributed by atoms with Crippen molar-refractivity contribution in [3.63, 3.8) is 0 Å². The number of carbonyl (C=O) groups is 2. The quantitative estimate of drug-likeness (QED) is 0.705. The second-order valence-corrected chi connectivity index (χ2v) is 3.61. The number of hydrogen-bond donors (Lipinski definition) is 0. The monoisotopic (exact) mass is 213 g/mol. The van der Waals surface area contributed by atoms with E-state index in [4.69, 9.17) is 0 Å². The summed E-state index contributed by atoms with van der Waals surface area (Å²) in [6, 6.07) is 5.51. The van der Waals surface area contributed by atoms with Crippen molar-refractivity contribution in [2.45, 2.75) is 6.92 Å². The molecule has 0 spiro atoms. The maximum Gasteiger partial charge on any atom is 0.258 e. The lowest BCUT2D eigenvalue weighted by Crippen LogP contribution is -2.30. The summed E-state index contributed by atoms with van der Waals surface area (Å²) in [7, 11) is 0. The van der Waals surface area contributed by atoms with Crippen molar-refractivity contribution >= 4 is 23.6 Å². The molecule has 0 aromatic heterocycles. The van der Waals surface area contributed by atoms with Gasteiger partial charge in [0.15, 0.2) is 0 Å². The second kappa shape index (κ2) is 3.77. The number of hydrogen-bond acceptors (Lipinski definition) is 2. The number of imide groups is 1. The lowest BCUT2D eigenvalue weighted by atomic mass is 10.1. The van der Waals surface area contributed by atoms with E-state index in [1.807, 2.05) is 19.1 Å². The fourth-order valence-corrected chi connectivity index (χ4v) is 1.68. The SMILES string of the molecule is C=Cc1cc(C)ccc1N1C(=O)C=CC1=O. The molecule has 0 saturated carbocycles. The van der Waals surface area contributed by atoms with Crippen LogP contribution < -0.4 is 4.90 Å². The summed E-state index contributed by atoms with van der Waals surface area (Å²) in [6.07, 6.45) is 4.19. The minimum Gasteiger partial charge on any atom is -0.269 e. The van der Waals surface area contributed by atoms with Crippen molar-refractivity contribution in [3.05, 3.63) is 48.1 Å². The zero-order chi connectivity index (χ0) is 11.7. The van der Waals surface area contributed by atoms with Crippen molar-refractivity contribution in [2.24, 2.45) is 0 Å². The van der Waals surface area contributed by atoms with E-state index in [-0.39, 0.29) is 11.8 Å². The Labute approximate surface area is 93.7 Å². The van der Waals surface area contributed by atoms with Crippen molar-refractivity contribution < 1.29 is 9.59 Å². The molecule has 1 aromatic rings. The van der Waals surface area contributed by atoms with Crippen LogP contribution in [0, 0.1) is 6.92 Å². The molecule has 80 valence electrons. The summed E-state index contributed by atoms with van der Waals surface area (Å²) in [5.74, 6) is -0.617. The number of rotatable bonds is 2. The van der Waals surface area contributed by atoms with Gasteiger partial charge in [0.2, 0.25) is 0 Å². The van der Waals surface area contributed by atoms with E-state index in [2.05, 4.69) is 6.58 Å². The lowest BCUT2D eigenvalue weighted by molar-refractivity contribution is -0.119. The third-order valence-electron chi connectivity index (χ3n) is 2.45. The van der Waals surface area contributed by atoms with E-state index in [0.29, 0.717) is 5.69 Å². The van der Waals surface area contributed by atoms with Crippen LogP contribution in [0.5, 0.6) is 0 Å². The molecule has 0 aliphatic carbocycles. The number of anilines is 1. The number of carbonyl (C=O) groups excluding carboxylic acids is 2. The van der Waals surface area contributed by atoms with Crippen molar-refractivity contribution in [2.75, 3.05) is 4.90 Å². The number of benzene rings is 1. The van der Waals surface area contributed by atoms with Gasteiger partial charge in [-0.1, -0.05) is 24.3 Å². The third kappa shape index (κ3) is 1.56. The van der Waals surface area contributed by atoms with E-state index < -0.39 is 0 Å². The molecule has 0 saturated heterocycles. The first kappa shape index (κ1) is 10.4. The Hall–Kier alpha value is -2.16. The number of amides is 2. The molecule has 1 aliphatic rings. The standard InChI is InChI=1S/C13H11NO2/c1-3-10-8-9(2)4-5-11(10)14-12(15)6-7-13(14)16/h3-8H,1H2,2H3. The molecule has 1 heterocycles. The smallest absolute Gasteiger partial charge is 0.258 e.